The van der Waals surface area contributed by atoms with E-state index >= 15 is 0 Å². The molecule has 282 valence electrons. The first-order valence-electron chi connectivity index (χ1n) is 21.6. The summed E-state index contributed by atoms with van der Waals surface area (Å²) in [6.45, 7) is 9.51. The van der Waals surface area contributed by atoms with Crippen LogP contribution in [0.5, 0.6) is 0 Å². The molecule has 5 aliphatic rings. The van der Waals surface area contributed by atoms with Crippen molar-refractivity contribution in [2.45, 2.75) is 83.0 Å². The molecule has 0 heterocycles. The van der Waals surface area contributed by atoms with Crippen LogP contribution in [-0.4, -0.2) is 0 Å². The number of rotatable bonds is 7. The van der Waals surface area contributed by atoms with Gasteiger partial charge in [0.2, 0.25) is 0 Å². The molecule has 0 aliphatic heterocycles. The second-order valence-corrected chi connectivity index (χ2v) is 19.0. The Labute approximate surface area is 339 Å². The zero-order chi connectivity index (χ0) is 38.5. The van der Waals surface area contributed by atoms with E-state index in [1.807, 2.05) is 0 Å². The molecule has 0 aromatic heterocycles. The fourth-order valence-electron chi connectivity index (χ4n) is 12.5. The third-order valence-corrected chi connectivity index (χ3v) is 14.8. The highest BCUT2D eigenvalue weighted by molar-refractivity contribution is 6.00. The van der Waals surface area contributed by atoms with Gasteiger partial charge in [-0.25, -0.2) is 0 Å². The first kappa shape index (κ1) is 34.8. The van der Waals surface area contributed by atoms with Gasteiger partial charge in [0.25, 0.3) is 0 Å². The van der Waals surface area contributed by atoms with Gasteiger partial charge in [0, 0.05) is 22.4 Å². The average Bonchev–Trinajstić information content (AvgIpc) is 3.46. The van der Waals surface area contributed by atoms with Gasteiger partial charge >= 0.3 is 0 Å². The third kappa shape index (κ3) is 5.56. The summed E-state index contributed by atoms with van der Waals surface area (Å²) in [6, 6.07) is 58.1. The molecule has 0 amide bonds. The molecular formula is C56H53N. The molecule has 0 atom stereocenters. The van der Waals surface area contributed by atoms with Gasteiger partial charge in [-0.3, -0.25) is 0 Å². The Morgan fingerprint density at radius 1 is 0.509 bits per heavy atom. The SMILES string of the molecule is CC(C)c1ccccc1-c1cc2ccccc2cc1N(c1cccc(C23CC4CC(CC(C4)C2)C3)c1)c1ccc2c(c1)C(C)(C)c1cccc(-c3ccccc3)c1-2. The average molecular weight is 740 g/mol. The van der Waals surface area contributed by atoms with Crippen LogP contribution >= 0.6 is 0 Å². The molecule has 12 rings (SSSR count). The van der Waals surface area contributed by atoms with E-state index in [2.05, 4.69) is 184 Å². The molecule has 0 spiro atoms. The lowest BCUT2D eigenvalue weighted by molar-refractivity contribution is -0.00516. The van der Waals surface area contributed by atoms with Gasteiger partial charge in [0.05, 0.1) is 5.69 Å². The highest BCUT2D eigenvalue weighted by atomic mass is 15.1. The van der Waals surface area contributed by atoms with Crippen molar-refractivity contribution in [3.63, 3.8) is 0 Å². The van der Waals surface area contributed by atoms with Gasteiger partial charge in [-0.1, -0.05) is 143 Å². The van der Waals surface area contributed by atoms with Crippen LogP contribution in [0.1, 0.15) is 94.4 Å². The molecule has 7 aromatic rings. The van der Waals surface area contributed by atoms with Gasteiger partial charge in [-0.05, 0) is 165 Å². The number of hydrogen-bond donors (Lipinski definition) is 0. The van der Waals surface area contributed by atoms with Gasteiger partial charge in [-0.15, -0.1) is 0 Å². The highest BCUT2D eigenvalue weighted by Gasteiger charge is 2.51. The quantitative estimate of drug-likeness (QED) is 0.157. The summed E-state index contributed by atoms with van der Waals surface area (Å²) in [5, 5.41) is 2.54. The summed E-state index contributed by atoms with van der Waals surface area (Å²) in [4.78, 5) is 2.63. The van der Waals surface area contributed by atoms with Crippen molar-refractivity contribution in [3.8, 4) is 33.4 Å². The minimum absolute atomic E-state index is 0.158. The Morgan fingerprint density at radius 2 is 1.14 bits per heavy atom. The summed E-state index contributed by atoms with van der Waals surface area (Å²) in [5.41, 5.74) is 17.5. The van der Waals surface area contributed by atoms with E-state index in [0.717, 1.165) is 17.8 Å². The van der Waals surface area contributed by atoms with E-state index in [0.29, 0.717) is 11.3 Å². The Morgan fingerprint density at radius 3 is 1.88 bits per heavy atom. The fourth-order valence-corrected chi connectivity index (χ4v) is 12.5. The van der Waals surface area contributed by atoms with Crippen molar-refractivity contribution >= 4 is 27.8 Å². The van der Waals surface area contributed by atoms with Crippen LogP contribution in [0.4, 0.5) is 17.1 Å². The van der Waals surface area contributed by atoms with Crippen molar-refractivity contribution < 1.29 is 0 Å². The summed E-state index contributed by atoms with van der Waals surface area (Å²) < 4.78 is 0. The smallest absolute Gasteiger partial charge is 0.0546 e. The van der Waals surface area contributed by atoms with Crippen molar-refractivity contribution in [2.24, 2.45) is 17.8 Å². The molecule has 0 N–H and O–H groups in total. The van der Waals surface area contributed by atoms with Crippen molar-refractivity contribution in [2.75, 3.05) is 4.90 Å². The maximum absolute atomic E-state index is 2.63. The molecule has 5 aliphatic carbocycles. The standard InChI is InChI=1S/C56H53N/c1-36(2)46-20-10-11-21-48(46)50-29-41-16-8-9-17-42(41)30-53(50)57(44-19-12-18-43(31-44)56-33-37-26-38(34-56)28-39(27-37)35-56)45-24-25-49-52(32-45)55(3,4)51-23-13-22-47(54(49)51)40-14-6-5-7-15-40/h5-25,29-32,36-39H,26-28,33-35H2,1-4H3. The first-order chi connectivity index (χ1) is 27.8. The molecule has 7 aromatic carbocycles. The maximum atomic E-state index is 2.63. The maximum Gasteiger partial charge on any atom is 0.0546 e. The molecule has 0 saturated heterocycles. The molecule has 0 radical (unpaired) electrons. The van der Waals surface area contributed by atoms with Crippen LogP contribution in [0.25, 0.3) is 44.2 Å². The molecular weight excluding hydrogens is 687 g/mol. The van der Waals surface area contributed by atoms with Crippen molar-refractivity contribution in [1.29, 1.82) is 0 Å². The van der Waals surface area contributed by atoms with Gasteiger partial charge in [-0.2, -0.15) is 0 Å². The predicted octanol–water partition coefficient (Wildman–Crippen LogP) is 15.5. The van der Waals surface area contributed by atoms with Crippen LogP contribution in [0.3, 0.4) is 0 Å². The van der Waals surface area contributed by atoms with Crippen LogP contribution in [-0.2, 0) is 10.8 Å². The molecule has 4 bridgehead atoms. The zero-order valence-corrected chi connectivity index (χ0v) is 33.9. The van der Waals surface area contributed by atoms with Crippen molar-refractivity contribution in [3.05, 3.63) is 174 Å². The van der Waals surface area contributed by atoms with Crippen LogP contribution < -0.4 is 4.90 Å². The summed E-state index contributed by atoms with van der Waals surface area (Å²) in [5.74, 6) is 3.09. The Hall–Kier alpha value is -5.40. The second-order valence-electron chi connectivity index (χ2n) is 19.0. The lowest BCUT2D eigenvalue weighted by atomic mass is 9.48. The largest absolute Gasteiger partial charge is 0.310 e. The van der Waals surface area contributed by atoms with Gasteiger partial charge in [0.15, 0.2) is 0 Å². The number of benzene rings is 7. The lowest BCUT2D eigenvalue weighted by Gasteiger charge is -2.57. The monoisotopic (exact) mass is 739 g/mol. The molecule has 57 heavy (non-hydrogen) atoms. The number of hydrogen-bond acceptors (Lipinski definition) is 1. The third-order valence-electron chi connectivity index (χ3n) is 14.8. The van der Waals surface area contributed by atoms with Crippen LogP contribution in [0, 0.1) is 17.8 Å². The normalized spacial score (nSPS) is 22.5. The number of fused-ring (bicyclic) bond motifs is 4. The minimum Gasteiger partial charge on any atom is -0.310 e. The second kappa shape index (κ2) is 13.1. The van der Waals surface area contributed by atoms with E-state index in [9.17, 15) is 0 Å². The summed E-state index contributed by atoms with van der Waals surface area (Å²) >= 11 is 0. The van der Waals surface area contributed by atoms with Gasteiger partial charge < -0.3 is 4.90 Å². The number of nitrogens with zero attached hydrogens (tertiary/aromatic N) is 1. The topological polar surface area (TPSA) is 3.24 Å². The zero-order valence-electron chi connectivity index (χ0n) is 33.9. The van der Waals surface area contributed by atoms with Crippen molar-refractivity contribution in [1.82, 2.24) is 0 Å². The molecule has 1 nitrogen and oxygen atoms in total. The predicted molar refractivity (Wildman–Crippen MR) is 241 cm³/mol. The van der Waals surface area contributed by atoms with E-state index in [4.69, 9.17) is 0 Å². The summed E-state index contributed by atoms with van der Waals surface area (Å²) in [7, 11) is 0. The highest BCUT2D eigenvalue weighted by Crippen LogP contribution is 2.61. The van der Waals surface area contributed by atoms with Crippen LogP contribution in [0.15, 0.2) is 152 Å². The minimum atomic E-state index is -0.158. The van der Waals surface area contributed by atoms with E-state index in [1.54, 1.807) is 5.56 Å². The fraction of sp³-hybridized carbons (Fsp3) is 0.286. The van der Waals surface area contributed by atoms with E-state index in [1.165, 1.54) is 116 Å². The molecule has 0 unspecified atom stereocenters. The first-order valence-corrected chi connectivity index (χ1v) is 21.6. The lowest BCUT2D eigenvalue weighted by Crippen LogP contribution is -2.48. The molecule has 1 heteroatoms. The van der Waals surface area contributed by atoms with E-state index in [-0.39, 0.29) is 5.41 Å². The van der Waals surface area contributed by atoms with Crippen LogP contribution in [0.2, 0.25) is 0 Å². The molecule has 4 saturated carbocycles. The summed E-state index contributed by atoms with van der Waals surface area (Å²) in [6.07, 6.45) is 8.46. The Balaban J connectivity index is 1.15. The number of anilines is 3. The van der Waals surface area contributed by atoms with E-state index < -0.39 is 0 Å². The Bertz CT molecular complexity index is 2640. The van der Waals surface area contributed by atoms with Gasteiger partial charge in [0.1, 0.15) is 0 Å². The Kier molecular flexibility index (Phi) is 7.98. The molecule has 4 fully saturated rings.